The normalized spacial score (nSPS) is 10.8. The van der Waals surface area contributed by atoms with Crippen LogP contribution in [0, 0.1) is 0 Å². The van der Waals surface area contributed by atoms with E-state index in [0.717, 1.165) is 5.69 Å². The van der Waals surface area contributed by atoms with Crippen LogP contribution in [-0.2, 0) is 0 Å². The van der Waals surface area contributed by atoms with Crippen LogP contribution >= 0.6 is 0 Å². The van der Waals surface area contributed by atoms with Gasteiger partial charge in [0, 0.05) is 12.4 Å². The van der Waals surface area contributed by atoms with Crippen molar-refractivity contribution in [2.24, 2.45) is 0 Å². The molecule has 0 aliphatic rings. The molecule has 0 aromatic carbocycles. The first kappa shape index (κ1) is 8.84. The monoisotopic (exact) mass is 212 g/mol. The summed E-state index contributed by atoms with van der Waals surface area (Å²) in [4.78, 5) is 4.20. The van der Waals surface area contributed by atoms with Gasteiger partial charge < -0.3 is 5.11 Å². The molecule has 0 unspecified atom stereocenters. The summed E-state index contributed by atoms with van der Waals surface area (Å²) in [5.74, 6) is 0.726. The molecule has 3 aromatic heterocycles. The van der Waals surface area contributed by atoms with Crippen molar-refractivity contribution in [1.82, 2.24) is 19.6 Å². The molecule has 0 saturated carbocycles. The maximum atomic E-state index is 9.59. The van der Waals surface area contributed by atoms with E-state index in [1.54, 1.807) is 28.9 Å². The van der Waals surface area contributed by atoms with Crippen LogP contribution in [0.1, 0.15) is 0 Å². The zero-order valence-corrected chi connectivity index (χ0v) is 8.28. The Kier molecular flexibility index (Phi) is 1.83. The average molecular weight is 212 g/mol. The van der Waals surface area contributed by atoms with Crippen molar-refractivity contribution in [3.63, 3.8) is 0 Å². The molecule has 0 fully saturated rings. The Morgan fingerprint density at radius 1 is 1.06 bits per heavy atom. The number of aromatic hydroxyl groups is 1. The van der Waals surface area contributed by atoms with Gasteiger partial charge in [0.25, 0.3) is 0 Å². The summed E-state index contributed by atoms with van der Waals surface area (Å²) in [6.07, 6.45) is 3.48. The van der Waals surface area contributed by atoms with Crippen molar-refractivity contribution in [1.29, 1.82) is 0 Å². The molecule has 3 rings (SSSR count). The molecule has 0 bridgehead atoms. The van der Waals surface area contributed by atoms with Crippen LogP contribution in [0.4, 0.5) is 0 Å². The van der Waals surface area contributed by atoms with E-state index < -0.39 is 0 Å². The van der Waals surface area contributed by atoms with Gasteiger partial charge in [-0.15, -0.1) is 10.2 Å². The Morgan fingerprint density at radius 3 is 2.81 bits per heavy atom. The van der Waals surface area contributed by atoms with Crippen LogP contribution in [0.25, 0.3) is 17.2 Å². The Bertz CT molecular complexity index is 633. The number of nitrogens with zero attached hydrogens (tertiary/aromatic N) is 4. The van der Waals surface area contributed by atoms with Gasteiger partial charge in [-0.05, 0) is 24.3 Å². The molecule has 0 aliphatic heterocycles. The summed E-state index contributed by atoms with van der Waals surface area (Å²) in [5, 5.41) is 17.5. The second kappa shape index (κ2) is 3.30. The zero-order valence-electron chi connectivity index (χ0n) is 8.28. The summed E-state index contributed by atoms with van der Waals surface area (Å²) in [6.45, 7) is 0. The second-order valence-corrected chi connectivity index (χ2v) is 3.33. The highest BCUT2D eigenvalue weighted by Crippen LogP contribution is 2.20. The van der Waals surface area contributed by atoms with Crippen LogP contribution in [0.5, 0.6) is 5.75 Å². The first-order valence-corrected chi connectivity index (χ1v) is 4.80. The Balaban J connectivity index is 2.30. The van der Waals surface area contributed by atoms with E-state index in [2.05, 4.69) is 15.2 Å². The fourth-order valence-corrected chi connectivity index (χ4v) is 1.57. The van der Waals surface area contributed by atoms with Crippen molar-refractivity contribution in [3.05, 3.63) is 42.7 Å². The number of fused-ring (bicyclic) bond motifs is 1. The first-order chi connectivity index (χ1) is 7.86. The molecule has 0 amide bonds. The SMILES string of the molecule is Oc1cccn2c(-c3ccccn3)nnc12. The van der Waals surface area contributed by atoms with Crippen LogP contribution in [0.2, 0.25) is 0 Å². The quantitative estimate of drug-likeness (QED) is 0.663. The number of pyridine rings is 2. The van der Waals surface area contributed by atoms with Crippen molar-refractivity contribution in [2.45, 2.75) is 0 Å². The van der Waals surface area contributed by atoms with Crippen molar-refractivity contribution < 1.29 is 5.11 Å². The van der Waals surface area contributed by atoms with E-state index in [0.29, 0.717) is 11.5 Å². The zero-order chi connectivity index (χ0) is 11.0. The van der Waals surface area contributed by atoms with Crippen LogP contribution in [0.15, 0.2) is 42.7 Å². The Morgan fingerprint density at radius 2 is 2.00 bits per heavy atom. The van der Waals surface area contributed by atoms with E-state index in [-0.39, 0.29) is 5.75 Å². The molecule has 0 saturated heterocycles. The molecule has 16 heavy (non-hydrogen) atoms. The molecule has 3 aromatic rings. The van der Waals surface area contributed by atoms with Gasteiger partial charge in [0.1, 0.15) is 5.69 Å². The fourth-order valence-electron chi connectivity index (χ4n) is 1.57. The molecule has 0 aliphatic carbocycles. The molecule has 5 heteroatoms. The van der Waals surface area contributed by atoms with Gasteiger partial charge in [0.05, 0.1) is 0 Å². The molecule has 3 heterocycles. The molecule has 1 N–H and O–H groups in total. The highest BCUT2D eigenvalue weighted by molar-refractivity contribution is 5.60. The topological polar surface area (TPSA) is 63.3 Å². The minimum absolute atomic E-state index is 0.109. The molecule has 78 valence electrons. The highest BCUT2D eigenvalue weighted by atomic mass is 16.3. The van der Waals surface area contributed by atoms with Crippen LogP contribution < -0.4 is 0 Å². The van der Waals surface area contributed by atoms with E-state index in [4.69, 9.17) is 0 Å². The average Bonchev–Trinajstić information content (AvgIpc) is 2.75. The van der Waals surface area contributed by atoms with Crippen LogP contribution in [-0.4, -0.2) is 24.7 Å². The number of rotatable bonds is 1. The molecule has 0 radical (unpaired) electrons. The van der Waals surface area contributed by atoms with Crippen LogP contribution in [0.3, 0.4) is 0 Å². The van der Waals surface area contributed by atoms with E-state index in [9.17, 15) is 5.11 Å². The third-order valence-corrected chi connectivity index (χ3v) is 2.31. The third kappa shape index (κ3) is 1.22. The third-order valence-electron chi connectivity index (χ3n) is 2.31. The van der Waals surface area contributed by atoms with Gasteiger partial charge in [-0.1, -0.05) is 6.07 Å². The smallest absolute Gasteiger partial charge is 0.203 e. The first-order valence-electron chi connectivity index (χ1n) is 4.80. The van der Waals surface area contributed by atoms with E-state index >= 15 is 0 Å². The lowest BCUT2D eigenvalue weighted by Crippen LogP contribution is -1.90. The van der Waals surface area contributed by atoms with Gasteiger partial charge in [0.2, 0.25) is 5.65 Å². The summed E-state index contributed by atoms with van der Waals surface area (Å²) in [7, 11) is 0. The standard InChI is InChI=1S/C11H8N4O/c16-9-5-3-7-15-10(13-14-11(9)15)8-4-1-2-6-12-8/h1-7,16H. The largest absolute Gasteiger partial charge is 0.504 e. The lowest BCUT2D eigenvalue weighted by molar-refractivity contribution is 0.477. The Hall–Kier alpha value is -2.43. The number of hydrogen-bond acceptors (Lipinski definition) is 4. The van der Waals surface area contributed by atoms with Crippen molar-refractivity contribution in [2.75, 3.05) is 0 Å². The minimum atomic E-state index is 0.109. The van der Waals surface area contributed by atoms with Gasteiger partial charge >= 0.3 is 0 Å². The van der Waals surface area contributed by atoms with Gasteiger partial charge in [-0.2, -0.15) is 0 Å². The summed E-state index contributed by atoms with van der Waals surface area (Å²) in [6, 6.07) is 8.88. The lowest BCUT2D eigenvalue weighted by atomic mass is 10.3. The van der Waals surface area contributed by atoms with Gasteiger partial charge in [0.15, 0.2) is 11.6 Å². The van der Waals surface area contributed by atoms with E-state index in [1.807, 2.05) is 18.2 Å². The predicted molar refractivity (Wildman–Crippen MR) is 57.9 cm³/mol. The molecule has 0 spiro atoms. The molecular weight excluding hydrogens is 204 g/mol. The van der Waals surface area contributed by atoms with Gasteiger partial charge in [-0.3, -0.25) is 9.38 Å². The summed E-state index contributed by atoms with van der Waals surface area (Å²) < 4.78 is 1.71. The highest BCUT2D eigenvalue weighted by Gasteiger charge is 2.10. The van der Waals surface area contributed by atoms with Crippen molar-refractivity contribution in [3.8, 4) is 17.3 Å². The molecule has 0 atom stereocenters. The van der Waals surface area contributed by atoms with Gasteiger partial charge in [-0.25, -0.2) is 0 Å². The minimum Gasteiger partial charge on any atom is -0.504 e. The van der Waals surface area contributed by atoms with E-state index in [1.165, 1.54) is 0 Å². The second-order valence-electron chi connectivity index (χ2n) is 3.33. The summed E-state index contributed by atoms with van der Waals surface area (Å²) >= 11 is 0. The fraction of sp³-hybridized carbons (Fsp3) is 0. The molecular formula is C11H8N4O. The maximum absolute atomic E-state index is 9.59. The lowest BCUT2D eigenvalue weighted by Gasteiger charge is -1.98. The predicted octanol–water partition coefficient (Wildman–Crippen LogP) is 1.50. The molecule has 5 nitrogen and oxygen atoms in total. The van der Waals surface area contributed by atoms with Crippen molar-refractivity contribution >= 4 is 5.65 Å². The summed E-state index contributed by atoms with van der Waals surface area (Å²) in [5.41, 5.74) is 1.16. The number of hydrogen-bond donors (Lipinski definition) is 1. The number of aromatic nitrogens is 4. The maximum Gasteiger partial charge on any atom is 0.203 e. The Labute approximate surface area is 91.0 Å².